The van der Waals surface area contributed by atoms with Gasteiger partial charge in [-0.3, -0.25) is 0 Å². The third-order valence-corrected chi connectivity index (χ3v) is 18.0. The molecule has 0 aliphatic carbocycles. The molecule has 0 bridgehead atoms. The Bertz CT molecular complexity index is 318. The van der Waals surface area contributed by atoms with Gasteiger partial charge in [-0.2, -0.15) is 0 Å². The van der Waals surface area contributed by atoms with Crippen molar-refractivity contribution in [3.05, 3.63) is 0 Å². The molecule has 1 aliphatic rings. The predicted octanol–water partition coefficient (Wildman–Crippen LogP) is 5.92. The monoisotopic (exact) mass is 430 g/mol. The van der Waals surface area contributed by atoms with Crippen LogP contribution in [0.15, 0.2) is 0 Å². The van der Waals surface area contributed by atoms with E-state index in [1.54, 1.807) is 0 Å². The summed E-state index contributed by atoms with van der Waals surface area (Å²) < 4.78 is 19.6. The fourth-order valence-corrected chi connectivity index (χ4v) is 16.7. The van der Waals surface area contributed by atoms with Crippen molar-refractivity contribution in [2.24, 2.45) is 0 Å². The first-order valence-corrected chi connectivity index (χ1v) is 17.5. The summed E-state index contributed by atoms with van der Waals surface area (Å²) in [5, 5.41) is 0. The van der Waals surface area contributed by atoms with E-state index in [0.29, 0.717) is 0 Å². The van der Waals surface area contributed by atoms with Crippen LogP contribution >= 0.6 is 0 Å². The minimum atomic E-state index is -2.23. The van der Waals surface area contributed by atoms with Gasteiger partial charge in [-0.05, 0) is 0 Å². The number of hydrogen-bond acceptors (Lipinski definition) is 2. The number of rotatable bonds is 12. The van der Waals surface area contributed by atoms with Crippen LogP contribution in [0.5, 0.6) is 0 Å². The van der Waals surface area contributed by atoms with Gasteiger partial charge in [-0.1, -0.05) is 0 Å². The van der Waals surface area contributed by atoms with Crippen molar-refractivity contribution in [2.45, 2.75) is 98.2 Å². The number of hydrogen-bond donors (Lipinski definition) is 0. The van der Waals surface area contributed by atoms with Crippen molar-refractivity contribution >= 4 is 18.4 Å². The maximum atomic E-state index is 5.76. The second-order valence-electron chi connectivity index (χ2n) is 6.96. The molecule has 0 aromatic carbocycles. The standard InChI is InChI=1S/C8H11O2.3C4H9.Sn/c1-2-3-6-9-8-5-4-7-10-8;3*1-3-4-2;/h8H,3-7H2;3*1,3-4H2,2H3;. The zero-order chi connectivity index (χ0) is 16.8. The summed E-state index contributed by atoms with van der Waals surface area (Å²) in [5.41, 5.74) is 0. The summed E-state index contributed by atoms with van der Waals surface area (Å²) in [6, 6.07) is 0. The first-order valence-electron chi connectivity index (χ1n) is 9.99. The summed E-state index contributed by atoms with van der Waals surface area (Å²) in [6.45, 7) is 8.56. The van der Waals surface area contributed by atoms with Gasteiger partial charge in [0, 0.05) is 0 Å². The Balaban J connectivity index is 2.51. The second kappa shape index (κ2) is 13.6. The number of unbranched alkanes of at least 4 members (excludes halogenated alkanes) is 3. The van der Waals surface area contributed by atoms with Gasteiger partial charge in [0.15, 0.2) is 0 Å². The Hall–Kier alpha value is 0.279. The molecule has 0 N–H and O–H groups in total. The molecule has 3 heteroatoms. The molecular formula is C20H38O2Sn. The Morgan fingerprint density at radius 3 is 2.09 bits per heavy atom. The SMILES string of the molecule is CCC[CH2][Sn]([C]#CCCOC1CCCO1)([CH2]CCC)[CH2]CCC. The molecule has 0 radical (unpaired) electrons. The third-order valence-electron chi connectivity index (χ3n) is 4.80. The van der Waals surface area contributed by atoms with Crippen LogP contribution in [0.2, 0.25) is 13.3 Å². The zero-order valence-corrected chi connectivity index (χ0v) is 18.6. The van der Waals surface area contributed by atoms with E-state index < -0.39 is 18.4 Å². The van der Waals surface area contributed by atoms with Gasteiger partial charge < -0.3 is 0 Å². The molecule has 1 unspecified atom stereocenters. The molecule has 0 spiro atoms. The summed E-state index contributed by atoms with van der Waals surface area (Å²) in [6.07, 6.45) is 11.3. The zero-order valence-electron chi connectivity index (χ0n) is 15.8. The van der Waals surface area contributed by atoms with Gasteiger partial charge in [0.1, 0.15) is 0 Å². The summed E-state index contributed by atoms with van der Waals surface area (Å²) in [5.74, 6) is 3.54. The molecule has 1 aliphatic heterocycles. The molecule has 0 aromatic heterocycles. The van der Waals surface area contributed by atoms with Gasteiger partial charge in [-0.15, -0.1) is 0 Å². The Morgan fingerprint density at radius 2 is 1.61 bits per heavy atom. The van der Waals surface area contributed by atoms with E-state index in [1.165, 1.54) is 51.8 Å². The Labute approximate surface area is 149 Å². The minimum absolute atomic E-state index is 0.0466. The van der Waals surface area contributed by atoms with E-state index >= 15 is 0 Å². The first-order chi connectivity index (χ1) is 11.3. The molecule has 0 aromatic rings. The van der Waals surface area contributed by atoms with Crippen LogP contribution in [0, 0.1) is 9.86 Å². The predicted molar refractivity (Wildman–Crippen MR) is 102 cm³/mol. The van der Waals surface area contributed by atoms with Crippen molar-refractivity contribution in [2.75, 3.05) is 13.2 Å². The molecule has 0 saturated carbocycles. The summed E-state index contributed by atoms with van der Waals surface area (Å²) in [7, 11) is 0. The van der Waals surface area contributed by atoms with Gasteiger partial charge in [0.05, 0.1) is 0 Å². The van der Waals surface area contributed by atoms with Gasteiger partial charge in [0.25, 0.3) is 0 Å². The van der Waals surface area contributed by atoms with Crippen molar-refractivity contribution in [3.8, 4) is 9.86 Å². The molecule has 1 saturated heterocycles. The molecule has 134 valence electrons. The van der Waals surface area contributed by atoms with Crippen molar-refractivity contribution in [1.82, 2.24) is 0 Å². The van der Waals surface area contributed by atoms with Crippen LogP contribution in [0.25, 0.3) is 0 Å². The topological polar surface area (TPSA) is 18.5 Å². The van der Waals surface area contributed by atoms with E-state index in [4.69, 9.17) is 9.47 Å². The quantitative estimate of drug-likeness (QED) is 0.218. The van der Waals surface area contributed by atoms with Crippen LogP contribution in [0.4, 0.5) is 0 Å². The summed E-state index contributed by atoms with van der Waals surface area (Å²) in [4.78, 5) is 0. The van der Waals surface area contributed by atoms with E-state index in [-0.39, 0.29) is 6.29 Å². The second-order valence-corrected chi connectivity index (χ2v) is 19.3. The van der Waals surface area contributed by atoms with Crippen LogP contribution in [-0.2, 0) is 9.47 Å². The Kier molecular flexibility index (Phi) is 12.6. The summed E-state index contributed by atoms with van der Waals surface area (Å²) >= 11 is -2.23. The van der Waals surface area contributed by atoms with E-state index in [9.17, 15) is 0 Å². The van der Waals surface area contributed by atoms with E-state index in [1.807, 2.05) is 0 Å². The molecule has 2 nitrogen and oxygen atoms in total. The average molecular weight is 429 g/mol. The van der Waals surface area contributed by atoms with Gasteiger partial charge >= 0.3 is 149 Å². The third kappa shape index (κ3) is 9.36. The molecule has 0 amide bonds. The van der Waals surface area contributed by atoms with Crippen molar-refractivity contribution < 1.29 is 9.47 Å². The molecule has 1 fully saturated rings. The van der Waals surface area contributed by atoms with Crippen LogP contribution in [0.3, 0.4) is 0 Å². The van der Waals surface area contributed by atoms with Crippen molar-refractivity contribution in [3.63, 3.8) is 0 Å². The van der Waals surface area contributed by atoms with Crippen LogP contribution in [0.1, 0.15) is 78.6 Å². The number of ether oxygens (including phenoxy) is 2. The fraction of sp³-hybridized carbons (Fsp3) is 0.900. The fourth-order valence-electron chi connectivity index (χ4n) is 3.28. The van der Waals surface area contributed by atoms with E-state index in [2.05, 4.69) is 30.6 Å². The van der Waals surface area contributed by atoms with Gasteiger partial charge in [-0.25, -0.2) is 0 Å². The molecule has 1 heterocycles. The molecular weight excluding hydrogens is 391 g/mol. The normalized spacial score (nSPS) is 18.0. The van der Waals surface area contributed by atoms with Crippen LogP contribution in [-0.4, -0.2) is 37.9 Å². The average Bonchev–Trinajstić information content (AvgIpc) is 3.09. The van der Waals surface area contributed by atoms with E-state index in [0.717, 1.165) is 32.5 Å². The molecule has 1 rings (SSSR count). The maximum absolute atomic E-state index is 5.76. The Morgan fingerprint density at radius 1 is 1.00 bits per heavy atom. The molecule has 1 atom stereocenters. The molecule has 23 heavy (non-hydrogen) atoms. The van der Waals surface area contributed by atoms with Crippen molar-refractivity contribution in [1.29, 1.82) is 0 Å². The first kappa shape index (κ1) is 21.3. The van der Waals surface area contributed by atoms with Crippen LogP contribution < -0.4 is 0 Å². The van der Waals surface area contributed by atoms with Gasteiger partial charge in [0.2, 0.25) is 0 Å².